The number of ether oxygens (including phenoxy) is 1. The molecule has 0 radical (unpaired) electrons. The van der Waals surface area contributed by atoms with E-state index in [1.165, 1.54) is 0 Å². The first-order chi connectivity index (χ1) is 12.0. The number of hydrogen-bond acceptors (Lipinski definition) is 5. The predicted molar refractivity (Wildman–Crippen MR) is 106 cm³/mol. The van der Waals surface area contributed by atoms with E-state index in [0.717, 1.165) is 45.5 Å². The van der Waals surface area contributed by atoms with Gasteiger partial charge in [-0.25, -0.2) is 9.56 Å². The highest BCUT2D eigenvalue weighted by Crippen LogP contribution is 2.31. The Balaban J connectivity index is 2.02. The minimum atomic E-state index is -0.157. The molecule has 0 fully saturated rings. The second kappa shape index (κ2) is 7.66. The van der Waals surface area contributed by atoms with E-state index in [2.05, 4.69) is 11.9 Å². The van der Waals surface area contributed by atoms with Gasteiger partial charge in [0.1, 0.15) is 17.0 Å². The fraction of sp³-hybridized carbons (Fsp3) is 0.389. The smallest absolute Gasteiger partial charge is 0.401 e. The van der Waals surface area contributed by atoms with Gasteiger partial charge in [0.25, 0.3) is 0 Å². The summed E-state index contributed by atoms with van der Waals surface area (Å²) in [6.45, 7) is 5.97. The van der Waals surface area contributed by atoms with Crippen LogP contribution in [0.1, 0.15) is 20.8 Å². The molecule has 25 heavy (non-hydrogen) atoms. The number of hydrogen-bond donors (Lipinski definition) is 1. The van der Waals surface area contributed by atoms with Crippen molar-refractivity contribution in [3.63, 3.8) is 0 Å². The summed E-state index contributed by atoms with van der Waals surface area (Å²) in [5.41, 5.74) is 3.61. The second-order valence-electron chi connectivity index (χ2n) is 5.86. The average Bonchev–Trinajstić information content (AvgIpc) is 3.04. The quantitative estimate of drug-likeness (QED) is 0.466. The molecule has 1 aromatic heterocycles. The van der Waals surface area contributed by atoms with Crippen molar-refractivity contribution in [1.29, 1.82) is 0 Å². The Bertz CT molecular complexity index is 870. The highest BCUT2D eigenvalue weighted by molar-refractivity contribution is 8.76. The molecule has 3 rings (SSSR count). The molecule has 2 heterocycles. The summed E-state index contributed by atoms with van der Waals surface area (Å²) in [5, 5.41) is 0. The molecule has 0 spiro atoms. The molecular formula is C18H22N3O2S2+. The molecular weight excluding hydrogens is 354 g/mol. The third-order valence-electron chi connectivity index (χ3n) is 4.18. The lowest BCUT2D eigenvalue weighted by atomic mass is 9.97. The number of carbonyl (C=O) groups excluding carboxylic acids is 1. The molecule has 0 saturated heterocycles. The van der Waals surface area contributed by atoms with Gasteiger partial charge < -0.3 is 4.74 Å². The predicted octanol–water partition coefficient (Wildman–Crippen LogP) is 4.18. The van der Waals surface area contributed by atoms with Crippen LogP contribution in [-0.4, -0.2) is 45.2 Å². The fourth-order valence-corrected chi connectivity index (χ4v) is 4.62. The maximum Gasteiger partial charge on any atom is 0.401 e. The number of benzene rings is 1. The Morgan fingerprint density at radius 1 is 1.36 bits per heavy atom. The fourth-order valence-electron chi connectivity index (χ4n) is 2.82. The van der Waals surface area contributed by atoms with Crippen LogP contribution in [-0.2, 0) is 4.79 Å². The van der Waals surface area contributed by atoms with Crippen molar-refractivity contribution in [3.8, 4) is 5.75 Å². The first-order valence-electron chi connectivity index (χ1n) is 8.21. The number of carbonyl (C=O) groups is 1. The van der Waals surface area contributed by atoms with Gasteiger partial charge >= 0.3 is 5.95 Å². The number of ketones is 1. The van der Waals surface area contributed by atoms with Gasteiger partial charge in [-0.2, -0.15) is 0 Å². The highest BCUT2D eigenvalue weighted by Gasteiger charge is 2.30. The Kier molecular flexibility index (Phi) is 5.54. The number of nitrogens with one attached hydrogen (secondary N) is 1. The molecule has 5 nitrogen and oxygen atoms in total. The zero-order valence-corrected chi connectivity index (χ0v) is 16.5. The Labute approximate surface area is 155 Å². The van der Waals surface area contributed by atoms with Crippen LogP contribution >= 0.6 is 21.6 Å². The van der Waals surface area contributed by atoms with Gasteiger partial charge in [-0.1, -0.05) is 33.5 Å². The largest absolute Gasteiger partial charge is 0.497 e. The molecule has 2 aromatic rings. The lowest BCUT2D eigenvalue weighted by Crippen LogP contribution is -2.28. The van der Waals surface area contributed by atoms with Crippen LogP contribution in [0.25, 0.3) is 11.0 Å². The number of H-pyrrole nitrogens is 1. The van der Waals surface area contributed by atoms with Gasteiger partial charge in [-0.15, -0.1) is 0 Å². The molecule has 1 unspecified atom stereocenters. The van der Waals surface area contributed by atoms with E-state index < -0.39 is 0 Å². The number of aromatic amines is 1. The van der Waals surface area contributed by atoms with Crippen molar-refractivity contribution in [3.05, 3.63) is 29.5 Å². The Morgan fingerprint density at radius 3 is 2.88 bits per heavy atom. The lowest BCUT2D eigenvalue weighted by molar-refractivity contribution is -0.390. The summed E-state index contributed by atoms with van der Waals surface area (Å²) in [4.78, 5) is 20.5. The molecule has 0 amide bonds. The zero-order valence-electron chi connectivity index (χ0n) is 14.8. The topological polar surface area (TPSA) is 58.0 Å². The first-order valence-corrected chi connectivity index (χ1v) is 10.7. The third-order valence-corrected chi connectivity index (χ3v) is 6.54. The molecule has 7 heteroatoms. The van der Waals surface area contributed by atoms with Crippen LogP contribution in [0.15, 0.2) is 29.5 Å². The molecule has 1 aromatic carbocycles. The number of nitrogens with zero attached hydrogens (tertiary/aromatic N) is 2. The summed E-state index contributed by atoms with van der Waals surface area (Å²) in [7, 11) is 5.20. The normalized spacial score (nSPS) is 18.0. The van der Waals surface area contributed by atoms with E-state index >= 15 is 0 Å². The monoisotopic (exact) mass is 376 g/mol. The lowest BCUT2D eigenvalue weighted by Gasteiger charge is -2.19. The van der Waals surface area contributed by atoms with E-state index in [9.17, 15) is 4.79 Å². The minimum absolute atomic E-state index is 0.157. The van der Waals surface area contributed by atoms with E-state index in [4.69, 9.17) is 9.72 Å². The number of aromatic nitrogens is 2. The van der Waals surface area contributed by atoms with E-state index in [1.54, 1.807) is 28.7 Å². The standard InChI is InChI=1S/C18H22N3O2S2/c1-5-24-25-10-16-12(3)17(22)11(2)9-21(16)18-19-14-7-6-13(23-4)8-15(14)20-18/h6-9,11H,5,10H2,1-4H3,(H,19,20)/q+1. The van der Waals surface area contributed by atoms with Crippen molar-refractivity contribution in [2.75, 3.05) is 18.6 Å². The maximum atomic E-state index is 12.4. The third kappa shape index (κ3) is 3.62. The van der Waals surface area contributed by atoms with Gasteiger partial charge in [-0.05, 0) is 26.0 Å². The van der Waals surface area contributed by atoms with Gasteiger partial charge in [0.15, 0.2) is 11.3 Å². The number of methoxy groups -OCH3 is 1. The van der Waals surface area contributed by atoms with Crippen LogP contribution in [0.4, 0.5) is 5.95 Å². The van der Waals surface area contributed by atoms with Crippen molar-refractivity contribution in [2.45, 2.75) is 20.8 Å². The second-order valence-corrected chi connectivity index (χ2v) is 8.61. The number of allylic oxidation sites excluding steroid dienone is 1. The highest BCUT2D eigenvalue weighted by atomic mass is 33.1. The first kappa shape index (κ1) is 18.1. The summed E-state index contributed by atoms with van der Waals surface area (Å²) in [5.74, 6) is 3.34. The maximum absolute atomic E-state index is 12.4. The van der Waals surface area contributed by atoms with Crippen molar-refractivity contribution < 1.29 is 14.1 Å². The molecule has 1 aliphatic rings. The number of fused-ring (bicyclic) bond motifs is 1. The average molecular weight is 377 g/mol. The van der Waals surface area contributed by atoms with Crippen molar-refractivity contribution >= 4 is 50.6 Å². The summed E-state index contributed by atoms with van der Waals surface area (Å²) >= 11 is 0. The van der Waals surface area contributed by atoms with E-state index in [1.807, 2.05) is 42.8 Å². The van der Waals surface area contributed by atoms with Crippen LogP contribution in [0, 0.1) is 5.92 Å². The zero-order chi connectivity index (χ0) is 18.0. The Hall–Kier alpha value is -1.73. The summed E-state index contributed by atoms with van der Waals surface area (Å²) in [6, 6.07) is 5.78. The molecule has 0 saturated carbocycles. The molecule has 0 bridgehead atoms. The van der Waals surface area contributed by atoms with Crippen molar-refractivity contribution in [2.24, 2.45) is 5.92 Å². The van der Waals surface area contributed by atoms with Crippen molar-refractivity contribution in [1.82, 2.24) is 9.97 Å². The van der Waals surface area contributed by atoms with Crippen LogP contribution in [0.3, 0.4) is 0 Å². The van der Waals surface area contributed by atoms with Gasteiger partial charge in [0, 0.05) is 17.4 Å². The van der Waals surface area contributed by atoms with E-state index in [0.29, 0.717) is 0 Å². The number of imidazole rings is 1. The summed E-state index contributed by atoms with van der Waals surface area (Å²) in [6.07, 6.45) is 1.96. The molecule has 0 aliphatic carbocycles. The van der Waals surface area contributed by atoms with Gasteiger partial charge in [-0.3, -0.25) is 4.79 Å². The van der Waals surface area contributed by atoms with Gasteiger partial charge in [0.05, 0.1) is 25.0 Å². The molecule has 132 valence electrons. The number of rotatable bonds is 6. The van der Waals surface area contributed by atoms with Crippen LogP contribution in [0.5, 0.6) is 5.75 Å². The minimum Gasteiger partial charge on any atom is -0.497 e. The van der Waals surface area contributed by atoms with E-state index in [-0.39, 0.29) is 11.7 Å². The summed E-state index contributed by atoms with van der Waals surface area (Å²) < 4.78 is 7.32. The van der Waals surface area contributed by atoms with Crippen LogP contribution in [0.2, 0.25) is 0 Å². The van der Waals surface area contributed by atoms with Crippen LogP contribution < -0.4 is 4.74 Å². The molecule has 1 aliphatic heterocycles. The SMILES string of the molecule is CCSSCC1=C(C)C(=O)C(C)C=[N+]1c1nc2cc(OC)ccc2[nH]1. The Morgan fingerprint density at radius 2 is 2.16 bits per heavy atom. The van der Waals surface area contributed by atoms with Gasteiger partial charge in [0.2, 0.25) is 0 Å². The molecule has 1 atom stereocenters. The number of Topliss-reactive ketones (excluding diaryl/α,β-unsaturated/α-hetero) is 1. The molecule has 1 N–H and O–H groups in total.